The van der Waals surface area contributed by atoms with Gasteiger partial charge in [-0.3, -0.25) is 9.10 Å². The Kier molecular flexibility index (Phi) is 6.61. The molecular formula is C30H22F2N4O6S. The number of hydrogen-bond acceptors (Lipinski definition) is 8. The molecule has 0 bridgehead atoms. The highest BCUT2D eigenvalue weighted by Crippen LogP contribution is 2.42. The van der Waals surface area contributed by atoms with Gasteiger partial charge < -0.3 is 19.3 Å². The smallest absolute Gasteiger partial charge is 0.255 e. The molecule has 13 heteroatoms. The first kappa shape index (κ1) is 27.8. The van der Waals surface area contributed by atoms with Gasteiger partial charge in [0.1, 0.15) is 22.7 Å². The Morgan fingerprint density at radius 3 is 2.37 bits per heavy atom. The zero-order valence-corrected chi connectivity index (χ0v) is 23.7. The highest BCUT2D eigenvalue weighted by Gasteiger charge is 2.27. The van der Waals surface area contributed by atoms with Crippen molar-refractivity contribution in [1.29, 1.82) is 0 Å². The first-order valence-electron chi connectivity index (χ1n) is 12.7. The number of oxazole rings is 1. The summed E-state index contributed by atoms with van der Waals surface area (Å²) in [6.45, 7) is 0. The Morgan fingerprint density at radius 1 is 0.953 bits per heavy atom. The molecule has 3 aromatic carbocycles. The lowest BCUT2D eigenvalue weighted by atomic mass is 10.00. The number of nitrogens with one attached hydrogen (secondary N) is 1. The fraction of sp³-hybridized carbons (Fsp3) is 0.100. The van der Waals surface area contributed by atoms with Gasteiger partial charge in [0, 0.05) is 48.3 Å². The van der Waals surface area contributed by atoms with Gasteiger partial charge in [-0.2, -0.15) is 0 Å². The Morgan fingerprint density at radius 2 is 1.70 bits per heavy atom. The Bertz CT molecular complexity index is 2180. The lowest BCUT2D eigenvalue weighted by Gasteiger charge is -2.20. The number of benzene rings is 3. The molecule has 6 rings (SSSR count). The minimum absolute atomic E-state index is 0.00351. The van der Waals surface area contributed by atoms with Crippen LogP contribution in [0.3, 0.4) is 0 Å². The molecule has 1 amide bonds. The minimum atomic E-state index is -3.82. The molecule has 10 nitrogen and oxygen atoms in total. The first-order valence-corrected chi connectivity index (χ1v) is 14.6. The highest BCUT2D eigenvalue weighted by molar-refractivity contribution is 7.92. The number of aromatic nitrogens is 2. The average Bonchev–Trinajstić information content (AvgIpc) is 3.58. The lowest BCUT2D eigenvalue weighted by Crippen LogP contribution is -2.25. The maximum atomic E-state index is 14.3. The number of nitrogens with zero attached hydrogens (tertiary/aromatic N) is 3. The topological polar surface area (TPSA) is 139 Å². The molecule has 3 aromatic heterocycles. The quantitative estimate of drug-likeness (QED) is 0.247. The minimum Gasteiger partial charge on any atom is -0.493 e. The van der Waals surface area contributed by atoms with E-state index in [9.17, 15) is 27.1 Å². The molecule has 6 aromatic rings. The van der Waals surface area contributed by atoms with Crippen LogP contribution in [0, 0.1) is 11.6 Å². The Hall–Kier alpha value is -5.30. The summed E-state index contributed by atoms with van der Waals surface area (Å²) in [6.07, 6.45) is 1.01. The van der Waals surface area contributed by atoms with E-state index in [1.165, 1.54) is 74.8 Å². The molecule has 0 saturated carbocycles. The van der Waals surface area contributed by atoms with Crippen molar-refractivity contribution in [2.45, 2.75) is 0 Å². The summed E-state index contributed by atoms with van der Waals surface area (Å²) in [6, 6.07) is 15.3. The van der Waals surface area contributed by atoms with E-state index in [1.807, 2.05) is 0 Å². The number of anilines is 1. The van der Waals surface area contributed by atoms with E-state index >= 15 is 0 Å². The van der Waals surface area contributed by atoms with Gasteiger partial charge in [0.2, 0.25) is 21.8 Å². The van der Waals surface area contributed by atoms with Gasteiger partial charge in [0.05, 0.1) is 23.2 Å². The van der Waals surface area contributed by atoms with Gasteiger partial charge >= 0.3 is 0 Å². The van der Waals surface area contributed by atoms with E-state index in [2.05, 4.69) is 15.3 Å². The van der Waals surface area contributed by atoms with Crippen molar-refractivity contribution in [3.05, 3.63) is 83.9 Å². The van der Waals surface area contributed by atoms with Gasteiger partial charge in [-0.05, 0) is 48.5 Å². The molecule has 0 spiro atoms. The zero-order chi connectivity index (χ0) is 30.6. The number of pyridine rings is 1. The third kappa shape index (κ3) is 4.93. The highest BCUT2D eigenvalue weighted by atomic mass is 32.2. The molecule has 0 aliphatic heterocycles. The predicted molar refractivity (Wildman–Crippen MR) is 156 cm³/mol. The van der Waals surface area contributed by atoms with Gasteiger partial charge in [0.15, 0.2) is 11.4 Å². The maximum Gasteiger partial charge on any atom is 0.255 e. The number of carbonyl (C=O) groups is 1. The van der Waals surface area contributed by atoms with Crippen LogP contribution in [0.4, 0.5) is 14.5 Å². The number of amides is 1. The number of furan rings is 1. The van der Waals surface area contributed by atoms with Crippen molar-refractivity contribution in [3.8, 4) is 39.9 Å². The summed E-state index contributed by atoms with van der Waals surface area (Å²) in [7, 11) is -1.05. The van der Waals surface area contributed by atoms with Crippen molar-refractivity contribution in [2.24, 2.45) is 0 Å². The predicted octanol–water partition coefficient (Wildman–Crippen LogP) is 5.71. The lowest BCUT2D eigenvalue weighted by molar-refractivity contribution is 0.0964. The standard InChI is InChI=1S/C30H22F2N4O6S/c1-33-29(38)26-19-13-18(21-11-16(12-25(37)34-21)30-35-27-20(32)5-4-6-23(27)42-30)22(36(2)43(3,39)40)14-24(19)41-28(26)15-7-9-17(31)10-8-15/h4-14H,1-3H3,(H,33,38)(H,34,37). The van der Waals surface area contributed by atoms with E-state index < -0.39 is 33.4 Å². The molecule has 2 N–H and O–H groups in total. The monoisotopic (exact) mass is 604 g/mol. The fourth-order valence-corrected chi connectivity index (χ4v) is 5.26. The molecular weight excluding hydrogens is 582 g/mol. The van der Waals surface area contributed by atoms with Crippen LogP contribution in [0.25, 0.3) is 56.1 Å². The second-order valence-electron chi connectivity index (χ2n) is 9.69. The summed E-state index contributed by atoms with van der Waals surface area (Å²) >= 11 is 0. The second-order valence-corrected chi connectivity index (χ2v) is 11.7. The molecule has 0 unspecified atom stereocenters. The molecule has 0 saturated heterocycles. The zero-order valence-electron chi connectivity index (χ0n) is 22.8. The second kappa shape index (κ2) is 10.2. The molecule has 0 radical (unpaired) electrons. The van der Waals surface area contributed by atoms with Crippen LogP contribution in [0.15, 0.2) is 75.6 Å². The number of hydrogen-bond donors (Lipinski definition) is 2. The summed E-state index contributed by atoms with van der Waals surface area (Å²) in [5.41, 5.74) is 1.54. The number of aromatic hydroxyl groups is 1. The summed E-state index contributed by atoms with van der Waals surface area (Å²) in [5.74, 6) is -1.90. The molecule has 3 heterocycles. The molecule has 43 heavy (non-hydrogen) atoms. The Balaban J connectivity index is 1.63. The summed E-state index contributed by atoms with van der Waals surface area (Å²) in [5, 5.41) is 13.5. The Labute approximate surface area is 243 Å². The number of fused-ring (bicyclic) bond motifs is 2. The molecule has 0 fully saturated rings. The summed E-state index contributed by atoms with van der Waals surface area (Å²) in [4.78, 5) is 21.6. The molecule has 0 atom stereocenters. The van der Waals surface area contributed by atoms with Crippen LogP contribution in [0.2, 0.25) is 0 Å². The van der Waals surface area contributed by atoms with Crippen molar-refractivity contribution in [3.63, 3.8) is 0 Å². The number of carbonyl (C=O) groups excluding carboxylic acids is 1. The first-order chi connectivity index (χ1) is 20.4. The number of halogens is 2. The molecule has 218 valence electrons. The summed E-state index contributed by atoms with van der Waals surface area (Å²) < 4.78 is 66.1. The number of rotatable bonds is 6. The van der Waals surface area contributed by atoms with Crippen LogP contribution in [-0.2, 0) is 10.0 Å². The molecule has 0 aliphatic rings. The van der Waals surface area contributed by atoms with Gasteiger partial charge in [-0.1, -0.05) is 6.07 Å². The van der Waals surface area contributed by atoms with Crippen molar-refractivity contribution in [2.75, 3.05) is 24.7 Å². The SMILES string of the molecule is CNC(=O)c1c(-c2ccc(F)cc2)oc2cc(N(C)S(C)(=O)=O)c(-c3cc(-c4nc5c(F)cccc5o4)cc(O)n3)cc12. The van der Waals surface area contributed by atoms with E-state index in [4.69, 9.17) is 8.83 Å². The van der Waals surface area contributed by atoms with Crippen molar-refractivity contribution < 1.29 is 35.9 Å². The van der Waals surface area contributed by atoms with Crippen LogP contribution < -0.4 is 9.62 Å². The average molecular weight is 605 g/mol. The van der Waals surface area contributed by atoms with Crippen LogP contribution in [0.1, 0.15) is 10.4 Å². The number of sulfonamides is 1. The van der Waals surface area contributed by atoms with E-state index in [0.29, 0.717) is 10.9 Å². The third-order valence-electron chi connectivity index (χ3n) is 6.91. The van der Waals surface area contributed by atoms with Crippen molar-refractivity contribution >= 4 is 43.7 Å². The van der Waals surface area contributed by atoms with E-state index in [0.717, 1.165) is 10.6 Å². The van der Waals surface area contributed by atoms with Crippen LogP contribution in [-0.4, -0.2) is 49.8 Å². The van der Waals surface area contributed by atoms with E-state index in [1.54, 1.807) is 6.07 Å². The normalized spacial score (nSPS) is 11.7. The number of para-hydroxylation sites is 1. The van der Waals surface area contributed by atoms with Crippen LogP contribution >= 0.6 is 0 Å². The maximum absolute atomic E-state index is 14.3. The molecule has 0 aliphatic carbocycles. The van der Waals surface area contributed by atoms with Gasteiger partial charge in [-0.15, -0.1) is 0 Å². The fourth-order valence-electron chi connectivity index (χ4n) is 4.75. The van der Waals surface area contributed by atoms with Crippen LogP contribution in [0.5, 0.6) is 5.88 Å². The van der Waals surface area contributed by atoms with Crippen molar-refractivity contribution in [1.82, 2.24) is 15.3 Å². The third-order valence-corrected chi connectivity index (χ3v) is 8.10. The van der Waals surface area contributed by atoms with E-state index in [-0.39, 0.29) is 56.4 Å². The largest absolute Gasteiger partial charge is 0.493 e. The van der Waals surface area contributed by atoms with Gasteiger partial charge in [-0.25, -0.2) is 27.2 Å². The van der Waals surface area contributed by atoms with Gasteiger partial charge in [0.25, 0.3) is 5.91 Å².